The van der Waals surface area contributed by atoms with Gasteiger partial charge in [-0.2, -0.15) is 0 Å². The molecule has 3 aromatic rings. The van der Waals surface area contributed by atoms with Crippen molar-refractivity contribution in [2.24, 2.45) is 0 Å². The molecular formula is C23H25ClN4O2S. The van der Waals surface area contributed by atoms with Crippen LogP contribution in [0.4, 0.5) is 21.3 Å². The van der Waals surface area contributed by atoms with Gasteiger partial charge in [0.2, 0.25) is 5.91 Å². The number of unbranched alkanes of at least 4 members (excludes halogenated alkanes) is 1. The zero-order valence-electron chi connectivity index (χ0n) is 17.3. The van der Waals surface area contributed by atoms with Crippen molar-refractivity contribution >= 4 is 51.4 Å². The number of anilines is 3. The fourth-order valence-corrected chi connectivity index (χ4v) is 3.84. The first-order valence-electron chi connectivity index (χ1n) is 10.2. The number of benzene rings is 2. The number of nitrogens with zero attached hydrogens (tertiary/aromatic N) is 1. The average molecular weight is 457 g/mol. The Hall–Kier alpha value is -2.90. The van der Waals surface area contributed by atoms with Gasteiger partial charge in [0.05, 0.1) is 5.69 Å². The minimum absolute atomic E-state index is 0.0671. The lowest BCUT2D eigenvalue weighted by Gasteiger charge is -2.06. The molecule has 0 fully saturated rings. The number of urea groups is 1. The van der Waals surface area contributed by atoms with E-state index in [0.717, 1.165) is 17.8 Å². The van der Waals surface area contributed by atoms with Gasteiger partial charge in [0.15, 0.2) is 5.13 Å². The summed E-state index contributed by atoms with van der Waals surface area (Å²) in [7, 11) is 0. The highest BCUT2D eigenvalue weighted by Crippen LogP contribution is 2.19. The third-order valence-electron chi connectivity index (χ3n) is 4.52. The summed E-state index contributed by atoms with van der Waals surface area (Å²) >= 11 is 7.23. The maximum atomic E-state index is 12.2. The average Bonchev–Trinajstić information content (AvgIpc) is 3.19. The molecular weight excluding hydrogens is 432 g/mol. The molecule has 162 valence electrons. The Balaban J connectivity index is 1.43. The molecule has 3 amide bonds. The maximum Gasteiger partial charge on any atom is 0.325 e. The number of carbonyl (C=O) groups excluding carboxylic acids is 2. The first kappa shape index (κ1) is 22.8. The number of aryl methyl sites for hydroxylation is 2. The molecule has 2 aromatic carbocycles. The number of hydrogen-bond donors (Lipinski definition) is 3. The van der Waals surface area contributed by atoms with Crippen LogP contribution >= 0.6 is 22.9 Å². The third kappa shape index (κ3) is 7.70. The van der Waals surface area contributed by atoms with Crippen molar-refractivity contribution in [2.75, 3.05) is 16.0 Å². The van der Waals surface area contributed by atoms with Crippen LogP contribution in [0.3, 0.4) is 0 Å². The fraction of sp³-hybridized carbons (Fsp3) is 0.261. The Bertz CT molecular complexity index is 1020. The molecule has 6 nitrogen and oxygen atoms in total. The van der Waals surface area contributed by atoms with Gasteiger partial charge in [0.25, 0.3) is 0 Å². The van der Waals surface area contributed by atoms with Gasteiger partial charge >= 0.3 is 6.03 Å². The fourth-order valence-electron chi connectivity index (χ4n) is 2.91. The first-order valence-corrected chi connectivity index (χ1v) is 11.4. The van der Waals surface area contributed by atoms with Crippen LogP contribution in [0.5, 0.6) is 0 Å². The van der Waals surface area contributed by atoms with Crippen LogP contribution in [0.2, 0.25) is 5.02 Å². The largest absolute Gasteiger partial charge is 0.326 e. The van der Waals surface area contributed by atoms with Crippen LogP contribution in [0, 0.1) is 0 Å². The van der Waals surface area contributed by atoms with Crippen LogP contribution in [0.1, 0.15) is 37.4 Å². The Labute approximate surface area is 191 Å². The number of thiazole rings is 1. The van der Waals surface area contributed by atoms with Crippen molar-refractivity contribution in [3.63, 3.8) is 0 Å². The molecule has 0 aliphatic heterocycles. The van der Waals surface area contributed by atoms with Crippen molar-refractivity contribution < 1.29 is 9.59 Å². The van der Waals surface area contributed by atoms with Crippen LogP contribution in [0.25, 0.3) is 0 Å². The molecule has 0 atom stereocenters. The SMILES string of the molecule is CCCCc1ccc(NC(=O)CCc2csc(NC(=O)Nc3cccc(Cl)c3)n2)cc1. The number of hydrogen-bond acceptors (Lipinski definition) is 4. The molecule has 1 aromatic heterocycles. The second kappa shape index (κ2) is 11.5. The van der Waals surface area contributed by atoms with Crippen molar-refractivity contribution in [2.45, 2.75) is 39.0 Å². The second-order valence-corrected chi connectivity index (χ2v) is 8.38. The number of nitrogens with one attached hydrogen (secondary N) is 3. The van der Waals surface area contributed by atoms with Crippen LogP contribution in [-0.4, -0.2) is 16.9 Å². The predicted octanol–water partition coefficient (Wildman–Crippen LogP) is 6.35. The first-order chi connectivity index (χ1) is 15.0. The Morgan fingerprint density at radius 1 is 1.00 bits per heavy atom. The van der Waals surface area contributed by atoms with E-state index in [4.69, 9.17) is 11.6 Å². The smallest absolute Gasteiger partial charge is 0.325 e. The lowest BCUT2D eigenvalue weighted by atomic mass is 10.1. The second-order valence-electron chi connectivity index (χ2n) is 7.08. The molecule has 8 heteroatoms. The summed E-state index contributed by atoms with van der Waals surface area (Å²) in [6, 6.07) is 14.5. The van der Waals surface area contributed by atoms with Crippen molar-refractivity contribution in [3.05, 3.63) is 70.2 Å². The number of amides is 3. The van der Waals surface area contributed by atoms with Crippen molar-refractivity contribution in [1.82, 2.24) is 4.98 Å². The van der Waals surface area contributed by atoms with Gasteiger partial charge in [-0.3, -0.25) is 10.1 Å². The van der Waals surface area contributed by atoms with Gasteiger partial charge in [-0.05, 0) is 55.2 Å². The molecule has 0 saturated carbocycles. The molecule has 1 heterocycles. The standard InChI is InChI=1S/C23H25ClN4O2S/c1-2-3-5-16-8-10-18(11-9-16)25-21(29)13-12-20-15-31-23(27-20)28-22(30)26-19-7-4-6-17(24)14-19/h4,6-11,14-15H,2-3,5,12-13H2,1H3,(H,25,29)(H2,26,27,28,30). The summed E-state index contributed by atoms with van der Waals surface area (Å²) in [6.07, 6.45) is 4.20. The van der Waals surface area contributed by atoms with E-state index in [0.29, 0.717) is 28.7 Å². The summed E-state index contributed by atoms with van der Waals surface area (Å²) in [5.74, 6) is -0.0671. The van der Waals surface area contributed by atoms with Crippen LogP contribution in [0.15, 0.2) is 53.9 Å². The highest BCUT2D eigenvalue weighted by atomic mass is 35.5. The zero-order valence-corrected chi connectivity index (χ0v) is 18.9. The van der Waals surface area contributed by atoms with E-state index in [9.17, 15) is 9.59 Å². The summed E-state index contributed by atoms with van der Waals surface area (Å²) in [5, 5.41) is 11.2. The summed E-state index contributed by atoms with van der Waals surface area (Å²) in [6.45, 7) is 2.17. The van der Waals surface area contributed by atoms with Crippen LogP contribution < -0.4 is 16.0 Å². The van der Waals surface area contributed by atoms with Gasteiger partial charge in [-0.1, -0.05) is 43.1 Å². The zero-order chi connectivity index (χ0) is 22.1. The van der Waals surface area contributed by atoms with E-state index in [1.54, 1.807) is 24.3 Å². The van der Waals surface area contributed by atoms with Gasteiger partial charge in [0, 0.05) is 28.2 Å². The molecule has 0 radical (unpaired) electrons. The lowest BCUT2D eigenvalue weighted by molar-refractivity contribution is -0.116. The minimum Gasteiger partial charge on any atom is -0.326 e. The highest BCUT2D eigenvalue weighted by molar-refractivity contribution is 7.13. The monoisotopic (exact) mass is 456 g/mol. The molecule has 31 heavy (non-hydrogen) atoms. The number of rotatable bonds is 9. The van der Waals surface area contributed by atoms with Gasteiger partial charge in [0.1, 0.15) is 0 Å². The number of carbonyl (C=O) groups is 2. The molecule has 0 unspecified atom stereocenters. The van der Waals surface area contributed by atoms with E-state index in [2.05, 4.69) is 40.0 Å². The number of aromatic nitrogens is 1. The number of halogens is 1. The molecule has 0 aliphatic rings. The minimum atomic E-state index is -0.400. The summed E-state index contributed by atoms with van der Waals surface area (Å²) in [4.78, 5) is 28.7. The third-order valence-corrected chi connectivity index (χ3v) is 5.56. The Morgan fingerprint density at radius 2 is 1.81 bits per heavy atom. The van der Waals surface area contributed by atoms with E-state index >= 15 is 0 Å². The normalized spacial score (nSPS) is 10.5. The Kier molecular flexibility index (Phi) is 8.44. The van der Waals surface area contributed by atoms with E-state index in [1.807, 2.05) is 17.5 Å². The molecule has 0 saturated heterocycles. The topological polar surface area (TPSA) is 83.1 Å². The van der Waals surface area contributed by atoms with Crippen LogP contribution in [-0.2, 0) is 17.6 Å². The van der Waals surface area contributed by atoms with E-state index in [1.165, 1.54) is 29.7 Å². The van der Waals surface area contributed by atoms with Gasteiger partial charge in [-0.25, -0.2) is 9.78 Å². The van der Waals surface area contributed by atoms with Gasteiger partial charge < -0.3 is 10.6 Å². The molecule has 3 N–H and O–H groups in total. The lowest BCUT2D eigenvalue weighted by Crippen LogP contribution is -2.19. The summed E-state index contributed by atoms with van der Waals surface area (Å²) < 4.78 is 0. The molecule has 0 spiro atoms. The molecule has 0 aliphatic carbocycles. The highest BCUT2D eigenvalue weighted by Gasteiger charge is 2.09. The van der Waals surface area contributed by atoms with Gasteiger partial charge in [-0.15, -0.1) is 11.3 Å². The molecule has 3 rings (SSSR count). The van der Waals surface area contributed by atoms with E-state index in [-0.39, 0.29) is 5.91 Å². The van der Waals surface area contributed by atoms with Crippen molar-refractivity contribution in [1.29, 1.82) is 0 Å². The quantitative estimate of drug-likeness (QED) is 0.350. The summed E-state index contributed by atoms with van der Waals surface area (Å²) in [5.41, 5.74) is 3.43. The van der Waals surface area contributed by atoms with E-state index < -0.39 is 6.03 Å². The molecule has 0 bridgehead atoms. The Morgan fingerprint density at radius 3 is 2.55 bits per heavy atom. The predicted molar refractivity (Wildman–Crippen MR) is 128 cm³/mol. The van der Waals surface area contributed by atoms with Crippen molar-refractivity contribution in [3.8, 4) is 0 Å². The maximum absolute atomic E-state index is 12.2.